The number of likely N-dealkylation sites (tertiary alicyclic amines) is 1. The zero-order valence-electron chi connectivity index (χ0n) is 15.8. The first-order valence-corrected chi connectivity index (χ1v) is 8.56. The Hall–Kier alpha value is -3.26. The van der Waals surface area contributed by atoms with Crippen LogP contribution < -0.4 is 9.47 Å². The second kappa shape index (κ2) is 8.18. The molecule has 2 heterocycles. The lowest BCUT2D eigenvalue weighted by Crippen LogP contribution is -2.32. The van der Waals surface area contributed by atoms with Gasteiger partial charge in [0.05, 0.1) is 32.7 Å². The van der Waals surface area contributed by atoms with Crippen molar-refractivity contribution in [2.75, 3.05) is 34.5 Å². The highest BCUT2D eigenvalue weighted by atomic mass is 16.5. The van der Waals surface area contributed by atoms with Crippen LogP contribution in [0.4, 0.5) is 0 Å². The van der Waals surface area contributed by atoms with Crippen LogP contribution in [0, 0.1) is 0 Å². The highest BCUT2D eigenvalue weighted by molar-refractivity contribution is 6.46. The summed E-state index contributed by atoms with van der Waals surface area (Å²) in [7, 11) is 4.46. The summed E-state index contributed by atoms with van der Waals surface area (Å²) < 4.78 is 20.9. The van der Waals surface area contributed by atoms with Gasteiger partial charge in [0, 0.05) is 19.2 Å². The van der Waals surface area contributed by atoms with Crippen molar-refractivity contribution in [2.45, 2.75) is 6.04 Å². The average molecular weight is 387 g/mol. The van der Waals surface area contributed by atoms with E-state index in [1.165, 1.54) is 38.6 Å². The van der Waals surface area contributed by atoms with Gasteiger partial charge in [-0.3, -0.25) is 9.59 Å². The van der Waals surface area contributed by atoms with E-state index in [-0.39, 0.29) is 24.5 Å². The van der Waals surface area contributed by atoms with Gasteiger partial charge in [0.15, 0.2) is 11.5 Å². The van der Waals surface area contributed by atoms with E-state index in [4.69, 9.17) is 18.6 Å². The molecule has 1 N–H and O–H groups in total. The number of aliphatic hydroxyl groups excluding tert-OH is 1. The number of aliphatic hydroxyl groups is 1. The molecule has 8 nitrogen and oxygen atoms in total. The van der Waals surface area contributed by atoms with Gasteiger partial charge in [0.25, 0.3) is 11.7 Å². The van der Waals surface area contributed by atoms with Crippen molar-refractivity contribution in [2.24, 2.45) is 0 Å². The summed E-state index contributed by atoms with van der Waals surface area (Å²) in [5.74, 6) is -0.597. The summed E-state index contributed by atoms with van der Waals surface area (Å²) in [5, 5.41) is 10.9. The van der Waals surface area contributed by atoms with Gasteiger partial charge in [-0.25, -0.2) is 0 Å². The largest absolute Gasteiger partial charge is 0.507 e. The monoisotopic (exact) mass is 387 g/mol. The highest BCUT2D eigenvalue weighted by Crippen LogP contribution is 2.40. The van der Waals surface area contributed by atoms with Crippen molar-refractivity contribution >= 4 is 17.4 Å². The number of rotatable bonds is 7. The molecule has 1 aliphatic heterocycles. The third kappa shape index (κ3) is 3.34. The molecule has 1 atom stereocenters. The van der Waals surface area contributed by atoms with Crippen LogP contribution in [0.3, 0.4) is 0 Å². The van der Waals surface area contributed by atoms with Crippen molar-refractivity contribution in [3.05, 3.63) is 53.5 Å². The van der Waals surface area contributed by atoms with Gasteiger partial charge in [-0.05, 0) is 30.3 Å². The van der Waals surface area contributed by atoms with E-state index in [2.05, 4.69) is 0 Å². The number of ether oxygens (including phenoxy) is 3. The number of hydrogen-bond donors (Lipinski definition) is 1. The standard InChI is InChI=1S/C20H21NO7/c1-25-10-8-21-17(14-5-4-9-28-14)16(19(23)20(21)24)18(22)12-6-7-13(26-2)15(11-12)27-3/h4-7,9,11,17,22H,8,10H2,1-3H3/b18-16-. The normalized spacial score (nSPS) is 18.5. The minimum atomic E-state index is -0.849. The smallest absolute Gasteiger partial charge is 0.295 e. The zero-order valence-corrected chi connectivity index (χ0v) is 15.8. The van der Waals surface area contributed by atoms with Crippen LogP contribution in [0.25, 0.3) is 5.76 Å². The summed E-state index contributed by atoms with van der Waals surface area (Å²) in [4.78, 5) is 26.6. The van der Waals surface area contributed by atoms with Gasteiger partial charge < -0.3 is 28.6 Å². The Labute approximate surface area is 161 Å². The number of Topliss-reactive ketones (excluding diaryl/α,β-unsaturated/α-hetero) is 1. The second-order valence-corrected chi connectivity index (χ2v) is 6.07. The number of nitrogens with zero attached hydrogens (tertiary/aromatic N) is 1. The molecule has 0 aliphatic carbocycles. The molecule has 1 amide bonds. The van der Waals surface area contributed by atoms with Crippen LogP contribution in [-0.4, -0.2) is 56.2 Å². The SMILES string of the molecule is COCCN1C(=O)C(=O)/C(=C(\O)c2ccc(OC)c(OC)c2)C1c1ccco1. The van der Waals surface area contributed by atoms with Gasteiger partial charge >= 0.3 is 0 Å². The van der Waals surface area contributed by atoms with Crippen LogP contribution in [0.1, 0.15) is 17.4 Å². The Morgan fingerprint density at radius 3 is 2.50 bits per heavy atom. The van der Waals surface area contributed by atoms with E-state index in [9.17, 15) is 14.7 Å². The van der Waals surface area contributed by atoms with E-state index in [0.29, 0.717) is 22.8 Å². The van der Waals surface area contributed by atoms with E-state index in [0.717, 1.165) is 0 Å². The summed E-state index contributed by atoms with van der Waals surface area (Å²) in [5.41, 5.74) is 0.266. The third-order valence-corrected chi connectivity index (χ3v) is 4.55. The highest BCUT2D eigenvalue weighted by Gasteiger charge is 2.47. The van der Waals surface area contributed by atoms with E-state index in [1.807, 2.05) is 0 Å². The summed E-state index contributed by atoms with van der Waals surface area (Å²) in [6.45, 7) is 0.412. The lowest BCUT2D eigenvalue weighted by atomic mass is 9.99. The predicted octanol–water partition coefficient (Wildman–Crippen LogP) is 2.36. The number of methoxy groups -OCH3 is 3. The van der Waals surface area contributed by atoms with Crippen molar-refractivity contribution in [1.82, 2.24) is 4.90 Å². The van der Waals surface area contributed by atoms with Crippen LogP contribution in [0.5, 0.6) is 11.5 Å². The maximum Gasteiger partial charge on any atom is 0.295 e. The summed E-state index contributed by atoms with van der Waals surface area (Å²) in [6, 6.07) is 7.18. The van der Waals surface area contributed by atoms with E-state index >= 15 is 0 Å². The molecule has 28 heavy (non-hydrogen) atoms. The molecule has 0 radical (unpaired) electrons. The molecule has 3 rings (SSSR count). The maximum absolute atomic E-state index is 12.7. The molecule has 8 heteroatoms. The van der Waals surface area contributed by atoms with E-state index < -0.39 is 17.7 Å². The number of furan rings is 1. The number of carbonyl (C=O) groups excluding carboxylic acids is 2. The Morgan fingerprint density at radius 2 is 1.89 bits per heavy atom. The molecule has 0 bridgehead atoms. The fraction of sp³-hybridized carbons (Fsp3) is 0.300. The lowest BCUT2D eigenvalue weighted by molar-refractivity contribution is -0.140. The van der Waals surface area contributed by atoms with Crippen molar-refractivity contribution in [3.8, 4) is 11.5 Å². The molecule has 1 aromatic heterocycles. The fourth-order valence-electron chi connectivity index (χ4n) is 3.18. The molecular formula is C20H21NO7. The Balaban J connectivity index is 2.13. The zero-order chi connectivity index (χ0) is 20.3. The second-order valence-electron chi connectivity index (χ2n) is 6.07. The van der Waals surface area contributed by atoms with Crippen LogP contribution >= 0.6 is 0 Å². The molecule has 148 valence electrons. The van der Waals surface area contributed by atoms with Gasteiger partial charge in [-0.15, -0.1) is 0 Å². The first kappa shape index (κ1) is 19.5. The molecule has 2 aromatic rings. The lowest BCUT2D eigenvalue weighted by Gasteiger charge is -2.22. The number of carbonyl (C=O) groups is 2. The number of benzene rings is 1. The molecule has 0 spiro atoms. The minimum absolute atomic E-state index is 0.0525. The van der Waals surface area contributed by atoms with Crippen molar-refractivity contribution < 1.29 is 33.3 Å². The molecular weight excluding hydrogens is 366 g/mol. The van der Waals surface area contributed by atoms with E-state index in [1.54, 1.807) is 24.3 Å². The van der Waals surface area contributed by atoms with Gasteiger partial charge in [0.2, 0.25) is 0 Å². The summed E-state index contributed by atoms with van der Waals surface area (Å²) >= 11 is 0. The van der Waals surface area contributed by atoms with Crippen LogP contribution in [0.15, 0.2) is 46.6 Å². The van der Waals surface area contributed by atoms with Crippen LogP contribution in [-0.2, 0) is 14.3 Å². The summed E-state index contributed by atoms with van der Waals surface area (Å²) in [6.07, 6.45) is 1.45. The molecule has 1 unspecified atom stereocenters. The predicted molar refractivity (Wildman–Crippen MR) is 99.1 cm³/mol. The number of amides is 1. The fourth-order valence-corrected chi connectivity index (χ4v) is 3.18. The molecule has 1 fully saturated rings. The van der Waals surface area contributed by atoms with Gasteiger partial charge in [-0.1, -0.05) is 0 Å². The quantitative estimate of drug-likeness (QED) is 0.442. The Bertz CT molecular complexity index is 901. The molecule has 0 saturated carbocycles. The molecule has 1 aromatic carbocycles. The Kier molecular flexibility index (Phi) is 5.70. The Morgan fingerprint density at radius 1 is 1.14 bits per heavy atom. The first-order chi connectivity index (χ1) is 13.5. The minimum Gasteiger partial charge on any atom is -0.507 e. The van der Waals surface area contributed by atoms with Gasteiger partial charge in [-0.2, -0.15) is 0 Å². The van der Waals surface area contributed by atoms with Crippen LogP contribution in [0.2, 0.25) is 0 Å². The van der Waals surface area contributed by atoms with Crippen molar-refractivity contribution in [1.29, 1.82) is 0 Å². The third-order valence-electron chi connectivity index (χ3n) is 4.55. The van der Waals surface area contributed by atoms with Gasteiger partial charge in [0.1, 0.15) is 17.6 Å². The number of ketones is 1. The first-order valence-electron chi connectivity index (χ1n) is 8.56. The maximum atomic E-state index is 12.7. The topological polar surface area (TPSA) is 98.4 Å². The average Bonchev–Trinajstić information content (AvgIpc) is 3.33. The van der Waals surface area contributed by atoms with Crippen molar-refractivity contribution in [3.63, 3.8) is 0 Å². The molecule has 1 aliphatic rings. The molecule has 1 saturated heterocycles. The number of hydrogen-bond acceptors (Lipinski definition) is 7.